The van der Waals surface area contributed by atoms with Crippen molar-refractivity contribution in [1.29, 1.82) is 0 Å². The van der Waals surface area contributed by atoms with Crippen molar-refractivity contribution in [2.24, 2.45) is 0 Å². The van der Waals surface area contributed by atoms with Gasteiger partial charge in [0.2, 0.25) is 0 Å². The number of rotatable bonds is 6. The summed E-state index contributed by atoms with van der Waals surface area (Å²) in [5.74, 6) is 0. The van der Waals surface area contributed by atoms with Gasteiger partial charge in [0, 0.05) is 30.7 Å². The van der Waals surface area contributed by atoms with E-state index in [4.69, 9.17) is 0 Å². The molecule has 3 nitrogen and oxygen atoms in total. The summed E-state index contributed by atoms with van der Waals surface area (Å²) in [5, 5.41) is 3.60. The van der Waals surface area contributed by atoms with E-state index in [0.717, 1.165) is 12.6 Å². The largest absolute Gasteiger partial charge is 0.311 e. The Labute approximate surface area is 114 Å². The fraction of sp³-hybridized carbons (Fsp3) is 1.00. The van der Waals surface area contributed by atoms with Gasteiger partial charge >= 0.3 is 0 Å². The van der Waals surface area contributed by atoms with Crippen molar-refractivity contribution < 1.29 is 0 Å². The van der Waals surface area contributed by atoms with Crippen LogP contribution in [0.2, 0.25) is 0 Å². The van der Waals surface area contributed by atoms with E-state index in [2.05, 4.69) is 56.8 Å². The van der Waals surface area contributed by atoms with Crippen molar-refractivity contribution in [3.63, 3.8) is 0 Å². The van der Waals surface area contributed by atoms with Crippen LogP contribution in [0.5, 0.6) is 0 Å². The molecule has 1 saturated heterocycles. The Kier molecular flexibility index (Phi) is 6.09. The lowest BCUT2D eigenvalue weighted by atomic mass is 10.1. The predicted molar refractivity (Wildman–Crippen MR) is 80.1 cm³/mol. The Balaban J connectivity index is 2.33. The summed E-state index contributed by atoms with van der Waals surface area (Å²) in [7, 11) is 2.27. The maximum atomic E-state index is 3.60. The van der Waals surface area contributed by atoms with Crippen LogP contribution in [0.1, 0.15) is 47.5 Å². The van der Waals surface area contributed by atoms with E-state index >= 15 is 0 Å². The van der Waals surface area contributed by atoms with E-state index in [1.807, 2.05) is 0 Å². The second-order valence-corrected chi connectivity index (χ2v) is 6.84. The predicted octanol–water partition coefficient (Wildman–Crippen LogP) is 2.18. The fourth-order valence-corrected chi connectivity index (χ4v) is 2.64. The first-order valence-corrected chi connectivity index (χ1v) is 7.53. The summed E-state index contributed by atoms with van der Waals surface area (Å²) in [4.78, 5) is 5.14. The highest BCUT2D eigenvalue weighted by Crippen LogP contribution is 2.17. The Morgan fingerprint density at radius 2 is 2.06 bits per heavy atom. The third-order valence-corrected chi connectivity index (χ3v) is 4.08. The van der Waals surface area contributed by atoms with E-state index in [1.54, 1.807) is 0 Å². The maximum absolute atomic E-state index is 3.60. The van der Waals surface area contributed by atoms with Gasteiger partial charge in [0.1, 0.15) is 0 Å². The van der Waals surface area contributed by atoms with E-state index in [1.165, 1.54) is 32.5 Å². The number of likely N-dealkylation sites (tertiary alicyclic amines) is 1. The molecule has 0 radical (unpaired) electrons. The molecule has 0 saturated carbocycles. The molecule has 0 bridgehead atoms. The van der Waals surface area contributed by atoms with Gasteiger partial charge < -0.3 is 10.2 Å². The Morgan fingerprint density at radius 1 is 1.39 bits per heavy atom. The van der Waals surface area contributed by atoms with Crippen molar-refractivity contribution in [1.82, 2.24) is 15.1 Å². The number of nitrogens with one attached hydrogen (secondary N) is 1. The molecule has 18 heavy (non-hydrogen) atoms. The van der Waals surface area contributed by atoms with Crippen molar-refractivity contribution in [3.8, 4) is 0 Å². The SMILES string of the molecule is CCN1CCCC1CN(C)C(C)CNC(C)(C)C. The number of hydrogen-bond donors (Lipinski definition) is 1. The fourth-order valence-electron chi connectivity index (χ4n) is 2.64. The van der Waals surface area contributed by atoms with Crippen molar-refractivity contribution in [2.75, 3.05) is 33.2 Å². The van der Waals surface area contributed by atoms with E-state index in [-0.39, 0.29) is 5.54 Å². The molecule has 2 atom stereocenters. The van der Waals surface area contributed by atoms with Gasteiger partial charge in [-0.3, -0.25) is 4.90 Å². The van der Waals surface area contributed by atoms with Crippen molar-refractivity contribution >= 4 is 0 Å². The highest BCUT2D eigenvalue weighted by atomic mass is 15.2. The lowest BCUT2D eigenvalue weighted by Gasteiger charge is -2.33. The van der Waals surface area contributed by atoms with E-state index in [9.17, 15) is 0 Å². The smallest absolute Gasteiger partial charge is 0.0223 e. The molecule has 3 heteroatoms. The molecule has 0 aliphatic carbocycles. The second-order valence-electron chi connectivity index (χ2n) is 6.84. The molecule has 0 aromatic heterocycles. The van der Waals surface area contributed by atoms with E-state index < -0.39 is 0 Å². The summed E-state index contributed by atoms with van der Waals surface area (Å²) in [6.07, 6.45) is 2.75. The summed E-state index contributed by atoms with van der Waals surface area (Å²) < 4.78 is 0. The number of likely N-dealkylation sites (N-methyl/N-ethyl adjacent to an activating group) is 2. The normalized spacial score (nSPS) is 23.8. The Bertz CT molecular complexity index is 234. The Hall–Kier alpha value is -0.120. The van der Waals surface area contributed by atoms with Crippen LogP contribution in [0.4, 0.5) is 0 Å². The third kappa shape index (κ3) is 5.25. The molecule has 1 aliphatic rings. The minimum atomic E-state index is 0.220. The highest BCUT2D eigenvalue weighted by Gasteiger charge is 2.25. The van der Waals surface area contributed by atoms with Gasteiger partial charge in [-0.15, -0.1) is 0 Å². The zero-order chi connectivity index (χ0) is 13.8. The molecule has 1 fully saturated rings. The standard InChI is InChI=1S/C15H33N3/c1-7-18-10-8-9-14(18)12-17(6)13(2)11-16-15(3,4)5/h13-14,16H,7-12H2,1-6H3. The lowest BCUT2D eigenvalue weighted by molar-refractivity contribution is 0.163. The van der Waals surface area contributed by atoms with Crippen LogP contribution in [-0.2, 0) is 0 Å². The molecule has 2 unspecified atom stereocenters. The van der Waals surface area contributed by atoms with Gasteiger partial charge in [0.05, 0.1) is 0 Å². The van der Waals surface area contributed by atoms with Crippen molar-refractivity contribution in [2.45, 2.75) is 65.1 Å². The molecule has 0 aromatic rings. The maximum Gasteiger partial charge on any atom is 0.0223 e. The van der Waals surface area contributed by atoms with Gasteiger partial charge in [-0.05, 0) is 60.7 Å². The molecular weight excluding hydrogens is 222 g/mol. The van der Waals surface area contributed by atoms with Crippen LogP contribution in [0, 0.1) is 0 Å². The van der Waals surface area contributed by atoms with Crippen LogP contribution >= 0.6 is 0 Å². The van der Waals surface area contributed by atoms with Crippen molar-refractivity contribution in [3.05, 3.63) is 0 Å². The zero-order valence-corrected chi connectivity index (χ0v) is 13.3. The number of hydrogen-bond acceptors (Lipinski definition) is 3. The van der Waals surface area contributed by atoms with Gasteiger partial charge in [-0.1, -0.05) is 6.92 Å². The molecule has 0 amide bonds. The average molecular weight is 255 g/mol. The molecule has 108 valence electrons. The lowest BCUT2D eigenvalue weighted by Crippen LogP contribution is -2.48. The minimum Gasteiger partial charge on any atom is -0.311 e. The minimum absolute atomic E-state index is 0.220. The second kappa shape index (κ2) is 6.88. The Morgan fingerprint density at radius 3 is 2.61 bits per heavy atom. The monoisotopic (exact) mass is 255 g/mol. The quantitative estimate of drug-likeness (QED) is 0.785. The van der Waals surface area contributed by atoms with Gasteiger partial charge in [-0.2, -0.15) is 0 Å². The summed E-state index contributed by atoms with van der Waals surface area (Å²) in [6, 6.07) is 1.38. The summed E-state index contributed by atoms with van der Waals surface area (Å²) >= 11 is 0. The van der Waals surface area contributed by atoms with Crippen LogP contribution in [0.15, 0.2) is 0 Å². The third-order valence-electron chi connectivity index (χ3n) is 4.08. The van der Waals surface area contributed by atoms with Gasteiger partial charge in [0.25, 0.3) is 0 Å². The molecular formula is C15H33N3. The first-order valence-electron chi connectivity index (χ1n) is 7.53. The van der Waals surface area contributed by atoms with Crippen LogP contribution in [0.25, 0.3) is 0 Å². The van der Waals surface area contributed by atoms with Gasteiger partial charge in [0.15, 0.2) is 0 Å². The molecule has 0 spiro atoms. The first kappa shape index (κ1) is 15.9. The number of nitrogens with zero attached hydrogens (tertiary/aromatic N) is 2. The van der Waals surface area contributed by atoms with Crippen LogP contribution < -0.4 is 5.32 Å². The van der Waals surface area contributed by atoms with Crippen LogP contribution in [-0.4, -0.2) is 60.6 Å². The molecule has 1 aliphatic heterocycles. The highest BCUT2D eigenvalue weighted by molar-refractivity contribution is 4.83. The summed E-state index contributed by atoms with van der Waals surface area (Å²) in [6.45, 7) is 16.1. The average Bonchev–Trinajstić information content (AvgIpc) is 2.72. The van der Waals surface area contributed by atoms with Crippen LogP contribution in [0.3, 0.4) is 0 Å². The topological polar surface area (TPSA) is 18.5 Å². The summed E-state index contributed by atoms with van der Waals surface area (Å²) in [5.41, 5.74) is 0.220. The molecule has 1 heterocycles. The molecule has 1 N–H and O–H groups in total. The zero-order valence-electron chi connectivity index (χ0n) is 13.3. The first-order chi connectivity index (χ1) is 8.33. The van der Waals surface area contributed by atoms with E-state index in [0.29, 0.717) is 6.04 Å². The molecule has 0 aromatic carbocycles. The van der Waals surface area contributed by atoms with Gasteiger partial charge in [-0.25, -0.2) is 0 Å². The molecule has 1 rings (SSSR count).